The zero-order chi connectivity index (χ0) is 13.2. The lowest BCUT2D eigenvalue weighted by Gasteiger charge is -2.30. The van der Waals surface area contributed by atoms with Crippen molar-refractivity contribution in [3.63, 3.8) is 0 Å². The molecule has 1 nitrogen and oxygen atoms in total. The number of hydrogen-bond acceptors (Lipinski definition) is 0. The Balaban J connectivity index is 0.00000180. The second-order valence-electron chi connectivity index (χ2n) is 5.23. The van der Waals surface area contributed by atoms with Gasteiger partial charge in [0.05, 0.1) is 14.1 Å². The van der Waals surface area contributed by atoms with Crippen molar-refractivity contribution < 1.29 is 17.0 Å². The fraction of sp³-hybridized carbons (Fsp3) is 0.250. The van der Waals surface area contributed by atoms with Crippen molar-refractivity contribution in [1.82, 2.24) is 4.48 Å². The highest BCUT2D eigenvalue weighted by Gasteiger charge is 2.20. The van der Waals surface area contributed by atoms with Gasteiger partial charge >= 0.3 is 0 Å². The molecule has 19 heavy (non-hydrogen) atoms. The fourth-order valence-corrected chi connectivity index (χ4v) is 2.57. The SMILES string of the molecule is Cc1cccc(C[N+](C)(C)c2ccccc2)c1Br.[Br-]. The van der Waals surface area contributed by atoms with E-state index in [1.165, 1.54) is 21.3 Å². The maximum absolute atomic E-state index is 3.70. The molecule has 0 amide bonds. The molecule has 2 rings (SSSR count). The number of rotatable bonds is 3. The number of hydrogen-bond donors (Lipinski definition) is 0. The van der Waals surface area contributed by atoms with E-state index < -0.39 is 0 Å². The summed E-state index contributed by atoms with van der Waals surface area (Å²) in [5.74, 6) is 0. The third-order valence-corrected chi connectivity index (χ3v) is 4.43. The zero-order valence-electron chi connectivity index (χ0n) is 11.5. The van der Waals surface area contributed by atoms with Gasteiger partial charge in [-0.1, -0.05) is 52.3 Å². The minimum absolute atomic E-state index is 0. The predicted molar refractivity (Wildman–Crippen MR) is 82.7 cm³/mol. The first-order chi connectivity index (χ1) is 8.50. The second kappa shape index (κ2) is 6.69. The number of para-hydroxylation sites is 1. The Labute approximate surface area is 134 Å². The Morgan fingerprint density at radius 3 is 2.21 bits per heavy atom. The van der Waals surface area contributed by atoms with Crippen LogP contribution in [0.4, 0.5) is 5.69 Å². The van der Waals surface area contributed by atoms with Gasteiger partial charge in [-0.25, -0.2) is 0 Å². The van der Waals surface area contributed by atoms with Gasteiger partial charge in [-0.2, -0.15) is 0 Å². The van der Waals surface area contributed by atoms with E-state index >= 15 is 0 Å². The Kier molecular flexibility index (Phi) is 5.78. The van der Waals surface area contributed by atoms with Gasteiger partial charge in [-0.3, -0.25) is 4.48 Å². The van der Waals surface area contributed by atoms with Gasteiger partial charge in [0, 0.05) is 10.0 Å². The Morgan fingerprint density at radius 2 is 1.58 bits per heavy atom. The first-order valence-corrected chi connectivity index (χ1v) is 6.92. The second-order valence-corrected chi connectivity index (χ2v) is 6.02. The molecule has 0 saturated carbocycles. The van der Waals surface area contributed by atoms with Gasteiger partial charge in [0.1, 0.15) is 12.2 Å². The van der Waals surface area contributed by atoms with Crippen LogP contribution in [0.2, 0.25) is 0 Å². The summed E-state index contributed by atoms with van der Waals surface area (Å²) in [6.45, 7) is 3.11. The van der Waals surface area contributed by atoms with Crippen molar-refractivity contribution >= 4 is 21.6 Å². The van der Waals surface area contributed by atoms with E-state index in [9.17, 15) is 0 Å². The predicted octanol–water partition coefficient (Wildman–Crippen LogP) is 1.53. The maximum atomic E-state index is 3.70. The smallest absolute Gasteiger partial charge is 0.132 e. The monoisotopic (exact) mass is 383 g/mol. The molecule has 0 N–H and O–H groups in total. The van der Waals surface area contributed by atoms with Crippen molar-refractivity contribution in [3.8, 4) is 0 Å². The van der Waals surface area contributed by atoms with Crippen molar-refractivity contribution in [1.29, 1.82) is 0 Å². The number of halogens is 2. The number of quaternary nitrogens is 1. The van der Waals surface area contributed by atoms with Crippen molar-refractivity contribution in [3.05, 3.63) is 64.1 Å². The highest BCUT2D eigenvalue weighted by Crippen LogP contribution is 2.27. The van der Waals surface area contributed by atoms with E-state index in [4.69, 9.17) is 0 Å². The Morgan fingerprint density at radius 1 is 0.947 bits per heavy atom. The molecule has 0 aliphatic carbocycles. The van der Waals surface area contributed by atoms with Crippen LogP contribution in [0.25, 0.3) is 0 Å². The van der Waals surface area contributed by atoms with Crippen LogP contribution in [0.3, 0.4) is 0 Å². The molecule has 2 aromatic carbocycles. The number of benzene rings is 2. The quantitative estimate of drug-likeness (QED) is 0.704. The number of nitrogens with zero attached hydrogens (tertiary/aromatic N) is 1. The van der Waals surface area contributed by atoms with Crippen LogP contribution in [0.5, 0.6) is 0 Å². The van der Waals surface area contributed by atoms with Gasteiger partial charge in [-0.15, -0.1) is 0 Å². The highest BCUT2D eigenvalue weighted by molar-refractivity contribution is 9.10. The minimum Gasteiger partial charge on any atom is -1.00 e. The third-order valence-electron chi connectivity index (χ3n) is 3.29. The molecule has 0 aliphatic rings. The molecular formula is C16H19Br2N. The molecule has 0 atom stereocenters. The van der Waals surface area contributed by atoms with E-state index in [0.29, 0.717) is 0 Å². The first-order valence-electron chi connectivity index (χ1n) is 6.13. The zero-order valence-corrected chi connectivity index (χ0v) is 14.7. The molecule has 0 aliphatic heterocycles. The number of aryl methyl sites for hydroxylation is 1. The lowest BCUT2D eigenvalue weighted by Crippen LogP contribution is -3.00. The molecule has 0 bridgehead atoms. The summed E-state index contributed by atoms with van der Waals surface area (Å²) >= 11 is 3.70. The van der Waals surface area contributed by atoms with Gasteiger partial charge in [0.2, 0.25) is 0 Å². The molecule has 0 unspecified atom stereocenters. The van der Waals surface area contributed by atoms with E-state index in [1.807, 2.05) is 0 Å². The molecule has 0 aromatic heterocycles. The third kappa shape index (κ3) is 3.91. The van der Waals surface area contributed by atoms with Crippen molar-refractivity contribution in [2.24, 2.45) is 0 Å². The largest absolute Gasteiger partial charge is 1.00 e. The molecule has 102 valence electrons. The van der Waals surface area contributed by atoms with E-state index in [1.54, 1.807) is 0 Å². The van der Waals surface area contributed by atoms with Crippen LogP contribution in [-0.2, 0) is 6.54 Å². The molecular weight excluding hydrogens is 366 g/mol. The minimum atomic E-state index is 0. The molecule has 0 radical (unpaired) electrons. The normalized spacial score (nSPS) is 10.9. The Hall–Kier alpha value is -0.640. The molecule has 0 saturated heterocycles. The van der Waals surface area contributed by atoms with Crippen LogP contribution in [0.1, 0.15) is 11.1 Å². The van der Waals surface area contributed by atoms with Crippen molar-refractivity contribution in [2.75, 3.05) is 14.1 Å². The van der Waals surface area contributed by atoms with Gasteiger partial charge in [0.15, 0.2) is 0 Å². The van der Waals surface area contributed by atoms with E-state index in [-0.39, 0.29) is 17.0 Å². The summed E-state index contributed by atoms with van der Waals surface area (Å²) in [6.07, 6.45) is 0. The van der Waals surface area contributed by atoms with E-state index in [2.05, 4.69) is 85.5 Å². The molecule has 3 heteroatoms. The first kappa shape index (κ1) is 16.4. The summed E-state index contributed by atoms with van der Waals surface area (Å²) < 4.78 is 2.08. The molecule has 2 aromatic rings. The maximum Gasteiger partial charge on any atom is 0.132 e. The summed E-state index contributed by atoms with van der Waals surface area (Å²) in [5, 5.41) is 0. The van der Waals surface area contributed by atoms with Gasteiger partial charge in [0.25, 0.3) is 0 Å². The lowest BCUT2D eigenvalue weighted by molar-refractivity contribution is -0.00000388. The van der Waals surface area contributed by atoms with Crippen molar-refractivity contribution in [2.45, 2.75) is 13.5 Å². The summed E-state index contributed by atoms with van der Waals surface area (Å²) in [5.41, 5.74) is 3.97. The average Bonchev–Trinajstić information content (AvgIpc) is 2.36. The molecule has 0 fully saturated rings. The fourth-order valence-electron chi connectivity index (χ4n) is 2.18. The summed E-state index contributed by atoms with van der Waals surface area (Å²) in [6, 6.07) is 17.1. The topological polar surface area (TPSA) is 0 Å². The van der Waals surface area contributed by atoms with Crippen LogP contribution >= 0.6 is 15.9 Å². The lowest BCUT2D eigenvalue weighted by atomic mass is 10.1. The van der Waals surface area contributed by atoms with Crippen LogP contribution < -0.4 is 21.5 Å². The Bertz CT molecular complexity index is 536. The average molecular weight is 385 g/mol. The standard InChI is InChI=1S/C16H19BrN.BrH/c1-13-8-7-9-14(16(13)17)12-18(2,3)15-10-5-4-6-11-15;/h4-11H,12H2,1-3H3;1H/q+1;/p-1. The van der Waals surface area contributed by atoms with Crippen LogP contribution in [0.15, 0.2) is 53.0 Å². The van der Waals surface area contributed by atoms with Gasteiger partial charge < -0.3 is 17.0 Å². The summed E-state index contributed by atoms with van der Waals surface area (Å²) in [7, 11) is 4.48. The van der Waals surface area contributed by atoms with Crippen LogP contribution in [0, 0.1) is 6.92 Å². The molecule has 0 heterocycles. The van der Waals surface area contributed by atoms with E-state index in [0.717, 1.165) is 11.0 Å². The molecule has 0 spiro atoms. The van der Waals surface area contributed by atoms with Gasteiger partial charge in [-0.05, 0) is 24.6 Å². The van der Waals surface area contributed by atoms with Crippen LogP contribution in [-0.4, -0.2) is 14.1 Å². The summed E-state index contributed by atoms with van der Waals surface area (Å²) in [4.78, 5) is 0. The highest BCUT2D eigenvalue weighted by atomic mass is 79.9.